The van der Waals surface area contributed by atoms with Crippen LogP contribution in [0.15, 0.2) is 48.5 Å². The van der Waals surface area contributed by atoms with Crippen molar-refractivity contribution in [1.29, 1.82) is 0 Å². The Morgan fingerprint density at radius 2 is 1.88 bits per heavy atom. The van der Waals surface area contributed by atoms with E-state index in [0.29, 0.717) is 23.4 Å². The minimum atomic E-state index is -0.167. The van der Waals surface area contributed by atoms with E-state index in [-0.39, 0.29) is 17.9 Å². The van der Waals surface area contributed by atoms with E-state index in [0.717, 1.165) is 25.0 Å². The first-order valence-corrected chi connectivity index (χ1v) is 8.50. The first-order valence-electron chi connectivity index (χ1n) is 8.50. The summed E-state index contributed by atoms with van der Waals surface area (Å²) >= 11 is 0. The van der Waals surface area contributed by atoms with E-state index in [1.165, 1.54) is 0 Å². The van der Waals surface area contributed by atoms with E-state index in [9.17, 15) is 9.59 Å². The molecule has 0 saturated carbocycles. The predicted octanol–water partition coefficient (Wildman–Crippen LogP) is 3.16. The van der Waals surface area contributed by atoms with Crippen molar-refractivity contribution >= 4 is 17.5 Å². The van der Waals surface area contributed by atoms with Gasteiger partial charge in [-0.25, -0.2) is 0 Å². The number of amides is 2. The zero-order valence-corrected chi connectivity index (χ0v) is 14.2. The molecule has 0 aliphatic carbocycles. The summed E-state index contributed by atoms with van der Waals surface area (Å²) in [4.78, 5) is 24.4. The van der Waals surface area contributed by atoms with Crippen LogP contribution in [0.2, 0.25) is 0 Å². The molecule has 2 aromatic carbocycles. The Labute approximate surface area is 147 Å². The van der Waals surface area contributed by atoms with E-state index in [1.807, 2.05) is 25.1 Å². The second kappa shape index (κ2) is 7.94. The summed E-state index contributed by atoms with van der Waals surface area (Å²) in [5.41, 5.74) is 2.86. The molecular formula is C20H22N2O3. The van der Waals surface area contributed by atoms with E-state index < -0.39 is 0 Å². The fraction of sp³-hybridized carbons (Fsp3) is 0.300. The molecule has 2 N–H and O–H groups in total. The lowest BCUT2D eigenvalue weighted by molar-refractivity contribution is 0.0857. The number of rotatable bonds is 5. The second-order valence-corrected chi connectivity index (χ2v) is 6.25. The standard InChI is InChI=1S/C20H22N2O3/c1-14-4-2-5-16(12-14)20(24)22-17-9-7-15(8-10-17)19(23)21-13-18-6-3-11-25-18/h2,4-5,7-10,12,18H,3,6,11,13H2,1H3,(H,21,23)(H,22,24)/t18-/m1/s1. The van der Waals surface area contributed by atoms with Crippen molar-refractivity contribution < 1.29 is 14.3 Å². The van der Waals surface area contributed by atoms with Crippen LogP contribution in [0.3, 0.4) is 0 Å². The van der Waals surface area contributed by atoms with Gasteiger partial charge < -0.3 is 15.4 Å². The molecule has 1 saturated heterocycles. The van der Waals surface area contributed by atoms with Crippen LogP contribution in [0.25, 0.3) is 0 Å². The molecule has 1 aliphatic rings. The minimum absolute atomic E-state index is 0.122. The van der Waals surface area contributed by atoms with Gasteiger partial charge in [-0.15, -0.1) is 0 Å². The molecule has 1 aliphatic heterocycles. The number of aryl methyl sites for hydroxylation is 1. The van der Waals surface area contributed by atoms with Crippen LogP contribution in [-0.4, -0.2) is 31.1 Å². The Hall–Kier alpha value is -2.66. The summed E-state index contributed by atoms with van der Waals surface area (Å²) in [5.74, 6) is -0.300. The third-order valence-electron chi connectivity index (χ3n) is 4.20. The van der Waals surface area contributed by atoms with Gasteiger partial charge in [-0.2, -0.15) is 0 Å². The van der Waals surface area contributed by atoms with Gasteiger partial charge in [-0.3, -0.25) is 9.59 Å². The highest BCUT2D eigenvalue weighted by Crippen LogP contribution is 2.13. The van der Waals surface area contributed by atoms with Crippen LogP contribution in [0.1, 0.15) is 39.1 Å². The van der Waals surface area contributed by atoms with Crippen molar-refractivity contribution in [3.05, 3.63) is 65.2 Å². The molecule has 1 heterocycles. The zero-order valence-electron chi connectivity index (χ0n) is 14.2. The average molecular weight is 338 g/mol. The minimum Gasteiger partial charge on any atom is -0.376 e. The molecule has 5 heteroatoms. The van der Waals surface area contributed by atoms with Gasteiger partial charge in [-0.1, -0.05) is 17.7 Å². The highest BCUT2D eigenvalue weighted by atomic mass is 16.5. The van der Waals surface area contributed by atoms with Crippen molar-refractivity contribution in [2.75, 3.05) is 18.5 Å². The SMILES string of the molecule is Cc1cccc(C(=O)Nc2ccc(C(=O)NC[C@H]3CCCO3)cc2)c1. The molecule has 3 rings (SSSR count). The Bertz CT molecular complexity index is 750. The highest BCUT2D eigenvalue weighted by molar-refractivity contribution is 6.04. The molecule has 25 heavy (non-hydrogen) atoms. The van der Waals surface area contributed by atoms with Gasteiger partial charge >= 0.3 is 0 Å². The molecule has 0 aromatic heterocycles. The predicted molar refractivity (Wildman–Crippen MR) is 96.9 cm³/mol. The monoisotopic (exact) mass is 338 g/mol. The molecule has 1 fully saturated rings. The maximum absolute atomic E-state index is 12.2. The Balaban J connectivity index is 1.56. The topological polar surface area (TPSA) is 67.4 Å². The number of ether oxygens (including phenoxy) is 1. The third-order valence-corrected chi connectivity index (χ3v) is 4.20. The summed E-state index contributed by atoms with van der Waals surface area (Å²) in [6.45, 7) is 3.25. The molecule has 130 valence electrons. The summed E-state index contributed by atoms with van der Waals surface area (Å²) in [6.07, 6.45) is 2.16. The van der Waals surface area contributed by atoms with Gasteiger partial charge in [-0.05, 0) is 56.2 Å². The van der Waals surface area contributed by atoms with Crippen LogP contribution in [-0.2, 0) is 4.74 Å². The number of nitrogens with one attached hydrogen (secondary N) is 2. The number of benzene rings is 2. The van der Waals surface area contributed by atoms with Gasteiger partial charge in [0.05, 0.1) is 6.10 Å². The molecule has 0 bridgehead atoms. The van der Waals surface area contributed by atoms with Crippen LogP contribution >= 0.6 is 0 Å². The summed E-state index contributed by atoms with van der Waals surface area (Å²) < 4.78 is 5.49. The number of carbonyl (C=O) groups excluding carboxylic acids is 2. The highest BCUT2D eigenvalue weighted by Gasteiger charge is 2.16. The van der Waals surface area contributed by atoms with Crippen molar-refractivity contribution in [3.8, 4) is 0 Å². The molecule has 0 radical (unpaired) electrons. The number of hydrogen-bond donors (Lipinski definition) is 2. The summed E-state index contributed by atoms with van der Waals surface area (Å²) in [5, 5.41) is 5.72. The number of hydrogen-bond acceptors (Lipinski definition) is 3. The third kappa shape index (κ3) is 4.67. The van der Waals surface area contributed by atoms with Crippen LogP contribution in [0.5, 0.6) is 0 Å². The van der Waals surface area contributed by atoms with E-state index in [1.54, 1.807) is 30.3 Å². The smallest absolute Gasteiger partial charge is 0.255 e. The maximum atomic E-state index is 12.2. The Morgan fingerprint density at radius 1 is 1.08 bits per heavy atom. The molecule has 2 amide bonds. The largest absolute Gasteiger partial charge is 0.376 e. The van der Waals surface area contributed by atoms with Crippen molar-refractivity contribution in [2.24, 2.45) is 0 Å². The molecule has 0 spiro atoms. The lowest BCUT2D eigenvalue weighted by atomic mass is 10.1. The molecule has 2 aromatic rings. The maximum Gasteiger partial charge on any atom is 0.255 e. The van der Waals surface area contributed by atoms with Gasteiger partial charge in [0.25, 0.3) is 11.8 Å². The van der Waals surface area contributed by atoms with Crippen molar-refractivity contribution in [3.63, 3.8) is 0 Å². The first-order chi connectivity index (χ1) is 12.1. The molecular weight excluding hydrogens is 316 g/mol. The lowest BCUT2D eigenvalue weighted by Crippen LogP contribution is -2.31. The molecule has 5 nitrogen and oxygen atoms in total. The summed E-state index contributed by atoms with van der Waals surface area (Å²) in [7, 11) is 0. The summed E-state index contributed by atoms with van der Waals surface area (Å²) in [6, 6.07) is 14.3. The van der Waals surface area contributed by atoms with E-state index in [4.69, 9.17) is 4.74 Å². The van der Waals surface area contributed by atoms with Crippen molar-refractivity contribution in [2.45, 2.75) is 25.9 Å². The Kier molecular flexibility index (Phi) is 5.46. The zero-order chi connectivity index (χ0) is 17.6. The fourth-order valence-corrected chi connectivity index (χ4v) is 2.81. The number of anilines is 1. The molecule has 1 atom stereocenters. The van der Waals surface area contributed by atoms with Crippen LogP contribution in [0, 0.1) is 6.92 Å². The molecule has 0 unspecified atom stereocenters. The van der Waals surface area contributed by atoms with Gasteiger partial charge in [0.1, 0.15) is 0 Å². The van der Waals surface area contributed by atoms with Crippen LogP contribution < -0.4 is 10.6 Å². The first kappa shape index (κ1) is 17.2. The van der Waals surface area contributed by atoms with Gasteiger partial charge in [0.2, 0.25) is 0 Å². The lowest BCUT2D eigenvalue weighted by Gasteiger charge is -2.11. The van der Waals surface area contributed by atoms with Crippen molar-refractivity contribution in [1.82, 2.24) is 5.32 Å². The quantitative estimate of drug-likeness (QED) is 0.880. The normalized spacial score (nSPS) is 16.4. The Morgan fingerprint density at radius 3 is 2.56 bits per heavy atom. The van der Waals surface area contributed by atoms with Crippen LogP contribution in [0.4, 0.5) is 5.69 Å². The second-order valence-electron chi connectivity index (χ2n) is 6.25. The van der Waals surface area contributed by atoms with E-state index >= 15 is 0 Å². The average Bonchev–Trinajstić information content (AvgIpc) is 3.14. The van der Waals surface area contributed by atoms with E-state index in [2.05, 4.69) is 10.6 Å². The van der Waals surface area contributed by atoms with Gasteiger partial charge in [0, 0.05) is 30.0 Å². The van der Waals surface area contributed by atoms with Gasteiger partial charge in [0.15, 0.2) is 0 Å². The fourth-order valence-electron chi connectivity index (χ4n) is 2.81. The number of carbonyl (C=O) groups is 2.